The van der Waals surface area contributed by atoms with Crippen LogP contribution in [0.25, 0.3) is 6.08 Å². The Labute approximate surface area is 170 Å². The van der Waals surface area contributed by atoms with Crippen molar-refractivity contribution < 1.29 is 28.6 Å². The summed E-state index contributed by atoms with van der Waals surface area (Å²) in [7, 11) is 1.52. The standard InChI is InChI=1S/C18H20BrNO6S/c1-5-25-15-12(19)7-11(8-13(15)24-4)9-14-16(21)20(18(23)27-14)10(3)17(22)26-6-2/h7-10H,5-6H2,1-4H3/b14-9-. The molecule has 2 amide bonds. The third kappa shape index (κ3) is 4.65. The number of methoxy groups -OCH3 is 1. The molecule has 1 aromatic rings. The van der Waals surface area contributed by atoms with Crippen LogP contribution in [0, 0.1) is 0 Å². The zero-order chi connectivity index (χ0) is 20.1. The number of ether oxygens (including phenoxy) is 3. The molecule has 1 atom stereocenters. The lowest BCUT2D eigenvalue weighted by Crippen LogP contribution is -2.42. The molecule has 0 aliphatic carbocycles. The first-order valence-corrected chi connectivity index (χ1v) is 9.88. The van der Waals surface area contributed by atoms with Crippen molar-refractivity contribution in [3.05, 3.63) is 27.1 Å². The Hall–Kier alpha value is -2.00. The molecular weight excluding hydrogens is 438 g/mol. The number of amides is 2. The van der Waals surface area contributed by atoms with Crippen LogP contribution in [0.4, 0.5) is 4.79 Å². The van der Waals surface area contributed by atoms with Crippen LogP contribution in [0.15, 0.2) is 21.5 Å². The van der Waals surface area contributed by atoms with Gasteiger partial charge in [-0.15, -0.1) is 0 Å². The van der Waals surface area contributed by atoms with Crippen LogP contribution in [-0.2, 0) is 14.3 Å². The normalized spacial score (nSPS) is 16.6. The van der Waals surface area contributed by atoms with E-state index in [0.29, 0.717) is 28.1 Å². The highest BCUT2D eigenvalue weighted by Gasteiger charge is 2.41. The highest BCUT2D eigenvalue weighted by atomic mass is 79.9. The molecular formula is C18H20BrNO6S. The molecule has 1 saturated heterocycles. The first-order chi connectivity index (χ1) is 12.8. The predicted octanol–water partition coefficient (Wildman–Crippen LogP) is 3.84. The van der Waals surface area contributed by atoms with Crippen molar-refractivity contribution >= 4 is 50.9 Å². The number of hydrogen-bond donors (Lipinski definition) is 0. The maximum atomic E-state index is 12.6. The van der Waals surface area contributed by atoms with Crippen LogP contribution < -0.4 is 9.47 Å². The van der Waals surface area contributed by atoms with E-state index in [1.807, 2.05) is 6.92 Å². The number of thioether (sulfide) groups is 1. The van der Waals surface area contributed by atoms with Crippen LogP contribution in [0.1, 0.15) is 26.3 Å². The van der Waals surface area contributed by atoms with Gasteiger partial charge in [0.2, 0.25) is 0 Å². The van der Waals surface area contributed by atoms with E-state index in [1.165, 1.54) is 14.0 Å². The van der Waals surface area contributed by atoms with Crippen molar-refractivity contribution in [2.75, 3.05) is 20.3 Å². The first-order valence-electron chi connectivity index (χ1n) is 8.28. The van der Waals surface area contributed by atoms with E-state index in [4.69, 9.17) is 14.2 Å². The molecule has 1 fully saturated rings. The molecule has 0 bridgehead atoms. The summed E-state index contributed by atoms with van der Waals surface area (Å²) in [6.07, 6.45) is 1.58. The topological polar surface area (TPSA) is 82.1 Å². The molecule has 1 aliphatic heterocycles. The van der Waals surface area contributed by atoms with Gasteiger partial charge < -0.3 is 14.2 Å². The Kier molecular flexibility index (Phi) is 7.32. The summed E-state index contributed by atoms with van der Waals surface area (Å²) in [5.41, 5.74) is 0.650. The van der Waals surface area contributed by atoms with Gasteiger partial charge in [-0.2, -0.15) is 0 Å². The lowest BCUT2D eigenvalue weighted by molar-refractivity contribution is -0.150. The van der Waals surface area contributed by atoms with Crippen LogP contribution in [0.3, 0.4) is 0 Å². The Balaban J connectivity index is 2.32. The molecule has 7 nitrogen and oxygen atoms in total. The second-order valence-corrected chi connectivity index (χ2v) is 7.29. The maximum Gasteiger partial charge on any atom is 0.329 e. The Morgan fingerprint density at radius 1 is 1.30 bits per heavy atom. The van der Waals surface area contributed by atoms with E-state index < -0.39 is 23.2 Å². The number of benzene rings is 1. The molecule has 0 radical (unpaired) electrons. The Morgan fingerprint density at radius 2 is 2.00 bits per heavy atom. The summed E-state index contributed by atoms with van der Waals surface area (Å²) >= 11 is 4.20. The molecule has 0 saturated carbocycles. The van der Waals surface area contributed by atoms with Gasteiger partial charge in [-0.25, -0.2) is 4.79 Å². The van der Waals surface area contributed by atoms with Crippen LogP contribution in [0.2, 0.25) is 0 Å². The summed E-state index contributed by atoms with van der Waals surface area (Å²) in [4.78, 5) is 37.9. The highest BCUT2D eigenvalue weighted by molar-refractivity contribution is 9.10. The molecule has 0 spiro atoms. The molecule has 0 N–H and O–H groups in total. The number of carbonyl (C=O) groups is 3. The van der Waals surface area contributed by atoms with Gasteiger partial charge in [-0.3, -0.25) is 14.5 Å². The largest absolute Gasteiger partial charge is 0.493 e. The van der Waals surface area contributed by atoms with Gasteiger partial charge in [0.25, 0.3) is 11.1 Å². The second kappa shape index (κ2) is 9.27. The van der Waals surface area contributed by atoms with Gasteiger partial charge in [0.1, 0.15) is 6.04 Å². The van der Waals surface area contributed by atoms with Crippen LogP contribution in [0.5, 0.6) is 11.5 Å². The van der Waals surface area contributed by atoms with Crippen molar-refractivity contribution in [3.8, 4) is 11.5 Å². The minimum absolute atomic E-state index is 0.176. The van der Waals surface area contributed by atoms with E-state index in [-0.39, 0.29) is 11.5 Å². The van der Waals surface area contributed by atoms with E-state index in [1.54, 1.807) is 25.1 Å². The molecule has 1 heterocycles. The molecule has 2 rings (SSSR count). The number of halogens is 1. The van der Waals surface area contributed by atoms with Gasteiger partial charge in [0, 0.05) is 0 Å². The average Bonchev–Trinajstić information content (AvgIpc) is 2.90. The maximum absolute atomic E-state index is 12.6. The molecule has 1 aromatic carbocycles. The smallest absolute Gasteiger partial charge is 0.329 e. The fourth-order valence-corrected chi connectivity index (χ4v) is 3.92. The number of esters is 1. The SMILES string of the molecule is CCOC(=O)C(C)N1C(=O)S/C(=C\c2cc(Br)c(OCC)c(OC)c2)C1=O. The van der Waals surface area contributed by atoms with Crippen LogP contribution >= 0.6 is 27.7 Å². The van der Waals surface area contributed by atoms with Gasteiger partial charge in [0.15, 0.2) is 11.5 Å². The number of rotatable bonds is 7. The van der Waals surface area contributed by atoms with Crippen molar-refractivity contribution in [2.45, 2.75) is 26.8 Å². The molecule has 0 aromatic heterocycles. The van der Waals surface area contributed by atoms with Crippen molar-refractivity contribution in [2.24, 2.45) is 0 Å². The van der Waals surface area contributed by atoms with E-state index in [2.05, 4.69) is 15.9 Å². The number of imide groups is 1. The summed E-state index contributed by atoms with van der Waals surface area (Å²) < 4.78 is 16.4. The molecule has 1 aliphatic rings. The fourth-order valence-electron chi connectivity index (χ4n) is 2.44. The van der Waals surface area contributed by atoms with Crippen molar-refractivity contribution in [1.29, 1.82) is 0 Å². The van der Waals surface area contributed by atoms with Crippen LogP contribution in [-0.4, -0.2) is 48.4 Å². The molecule has 146 valence electrons. The fraction of sp³-hybridized carbons (Fsp3) is 0.389. The quantitative estimate of drug-likeness (QED) is 0.454. The lowest BCUT2D eigenvalue weighted by Gasteiger charge is -2.19. The summed E-state index contributed by atoms with van der Waals surface area (Å²) in [6.45, 7) is 5.64. The van der Waals surface area contributed by atoms with Crippen molar-refractivity contribution in [1.82, 2.24) is 4.90 Å². The van der Waals surface area contributed by atoms with Gasteiger partial charge in [-0.1, -0.05) is 0 Å². The van der Waals surface area contributed by atoms with Gasteiger partial charge in [0.05, 0.1) is 29.7 Å². The zero-order valence-electron chi connectivity index (χ0n) is 15.4. The highest BCUT2D eigenvalue weighted by Crippen LogP contribution is 2.39. The summed E-state index contributed by atoms with van der Waals surface area (Å²) in [6, 6.07) is 2.49. The average molecular weight is 458 g/mol. The van der Waals surface area contributed by atoms with Crippen molar-refractivity contribution in [3.63, 3.8) is 0 Å². The van der Waals surface area contributed by atoms with Gasteiger partial charge >= 0.3 is 5.97 Å². The van der Waals surface area contributed by atoms with E-state index in [0.717, 1.165) is 16.7 Å². The number of carbonyl (C=O) groups excluding carboxylic acids is 3. The Bertz CT molecular complexity index is 794. The van der Waals surface area contributed by atoms with E-state index in [9.17, 15) is 14.4 Å². The molecule has 1 unspecified atom stereocenters. The summed E-state index contributed by atoms with van der Waals surface area (Å²) in [5, 5.41) is -0.510. The lowest BCUT2D eigenvalue weighted by atomic mass is 10.1. The minimum atomic E-state index is -0.982. The van der Waals surface area contributed by atoms with E-state index >= 15 is 0 Å². The molecule has 27 heavy (non-hydrogen) atoms. The third-order valence-corrected chi connectivity index (χ3v) is 5.15. The summed E-state index contributed by atoms with van der Waals surface area (Å²) in [5.74, 6) is -0.0983. The number of nitrogens with zero attached hydrogens (tertiary/aromatic N) is 1. The minimum Gasteiger partial charge on any atom is -0.493 e. The second-order valence-electron chi connectivity index (χ2n) is 5.45. The monoisotopic (exact) mass is 457 g/mol. The first kappa shape index (κ1) is 21.3. The Morgan fingerprint density at radius 3 is 2.59 bits per heavy atom. The molecule has 9 heteroatoms. The predicted molar refractivity (Wildman–Crippen MR) is 106 cm³/mol. The number of hydrogen-bond acceptors (Lipinski definition) is 7. The third-order valence-electron chi connectivity index (χ3n) is 3.68. The van der Waals surface area contributed by atoms with Gasteiger partial charge in [-0.05, 0) is 72.2 Å². The zero-order valence-corrected chi connectivity index (χ0v) is 17.8.